The van der Waals surface area contributed by atoms with Gasteiger partial charge in [-0.15, -0.1) is 0 Å². The third kappa shape index (κ3) is 4.85. The Morgan fingerprint density at radius 2 is 1.66 bits per heavy atom. The van der Waals surface area contributed by atoms with Crippen LogP contribution in [0.1, 0.15) is 10.4 Å². The Morgan fingerprint density at radius 3 is 2.28 bits per heavy atom. The highest BCUT2D eigenvalue weighted by Gasteiger charge is 2.17. The number of sulfonamides is 1. The zero-order valence-electron chi connectivity index (χ0n) is 15.8. The van der Waals surface area contributed by atoms with E-state index in [-0.39, 0.29) is 10.8 Å². The Balaban J connectivity index is 1.78. The van der Waals surface area contributed by atoms with Crippen LogP contribution in [0.3, 0.4) is 0 Å². The second kappa shape index (κ2) is 8.50. The van der Waals surface area contributed by atoms with E-state index in [0.717, 1.165) is 0 Å². The van der Waals surface area contributed by atoms with Gasteiger partial charge in [0, 0.05) is 32.1 Å². The van der Waals surface area contributed by atoms with Crippen molar-refractivity contribution in [2.24, 2.45) is 0 Å². The molecule has 0 atom stereocenters. The maximum absolute atomic E-state index is 12.6. The average molecular weight is 431 g/mol. The van der Waals surface area contributed by atoms with E-state index in [1.807, 2.05) is 14.1 Å². The van der Waals surface area contributed by atoms with Crippen molar-refractivity contribution in [2.75, 3.05) is 29.0 Å². The number of carbonyl (C=O) groups excluding carboxylic acids is 1. The predicted molar refractivity (Wildman–Crippen MR) is 115 cm³/mol. The number of nitrogens with one attached hydrogen (secondary N) is 2. The van der Waals surface area contributed by atoms with Crippen LogP contribution in [0.2, 0.25) is 5.02 Å². The molecule has 0 unspecified atom stereocenters. The Kier molecular flexibility index (Phi) is 6.05. The van der Waals surface area contributed by atoms with Crippen LogP contribution in [-0.2, 0) is 10.0 Å². The Hall–Kier alpha value is -3.10. The number of benzene rings is 2. The number of aromatic nitrogens is 1. The molecular weight excluding hydrogens is 412 g/mol. The van der Waals surface area contributed by atoms with Crippen molar-refractivity contribution >= 4 is 44.6 Å². The van der Waals surface area contributed by atoms with Crippen molar-refractivity contribution in [1.29, 1.82) is 0 Å². The molecule has 0 saturated carbocycles. The molecule has 150 valence electrons. The molecule has 0 radical (unpaired) electrons. The highest BCUT2D eigenvalue weighted by Crippen LogP contribution is 2.32. The first-order valence-corrected chi connectivity index (χ1v) is 10.4. The van der Waals surface area contributed by atoms with Crippen molar-refractivity contribution in [3.05, 3.63) is 77.6 Å². The quantitative estimate of drug-likeness (QED) is 0.619. The summed E-state index contributed by atoms with van der Waals surface area (Å²) in [6.45, 7) is 0. The number of carbonyl (C=O) groups is 1. The van der Waals surface area contributed by atoms with Crippen LogP contribution in [0.15, 0.2) is 71.9 Å². The lowest BCUT2D eigenvalue weighted by Crippen LogP contribution is -2.17. The minimum absolute atomic E-state index is 0.0441. The molecule has 7 nitrogen and oxygen atoms in total. The lowest BCUT2D eigenvalue weighted by Gasteiger charge is -2.19. The lowest BCUT2D eigenvalue weighted by atomic mass is 10.2. The molecular formula is C20H19ClN4O3S. The number of para-hydroxylation sites is 1. The highest BCUT2D eigenvalue weighted by atomic mass is 35.5. The van der Waals surface area contributed by atoms with Gasteiger partial charge in [0.15, 0.2) is 0 Å². The van der Waals surface area contributed by atoms with Gasteiger partial charge in [-0.25, -0.2) is 8.42 Å². The van der Waals surface area contributed by atoms with E-state index in [1.165, 1.54) is 36.7 Å². The first-order valence-electron chi connectivity index (χ1n) is 8.58. The number of rotatable bonds is 6. The van der Waals surface area contributed by atoms with Gasteiger partial charge in [-0.05, 0) is 48.5 Å². The van der Waals surface area contributed by atoms with Crippen LogP contribution in [0.5, 0.6) is 0 Å². The molecule has 0 aliphatic rings. The second-order valence-electron chi connectivity index (χ2n) is 6.35. The molecule has 2 N–H and O–H groups in total. The molecule has 0 aliphatic heterocycles. The van der Waals surface area contributed by atoms with E-state index in [4.69, 9.17) is 11.6 Å². The molecule has 0 saturated heterocycles. The Bertz CT molecular complexity index is 1120. The topological polar surface area (TPSA) is 91.4 Å². The molecule has 3 rings (SSSR count). The van der Waals surface area contributed by atoms with Gasteiger partial charge in [-0.3, -0.25) is 14.5 Å². The van der Waals surface area contributed by atoms with Gasteiger partial charge in [-0.2, -0.15) is 0 Å². The number of amides is 1. The molecule has 29 heavy (non-hydrogen) atoms. The molecule has 0 bridgehead atoms. The zero-order chi connectivity index (χ0) is 21.0. The highest BCUT2D eigenvalue weighted by molar-refractivity contribution is 7.92. The summed E-state index contributed by atoms with van der Waals surface area (Å²) in [6, 6.07) is 14.0. The summed E-state index contributed by atoms with van der Waals surface area (Å²) >= 11 is 6.22. The van der Waals surface area contributed by atoms with Crippen molar-refractivity contribution in [1.82, 2.24) is 4.98 Å². The summed E-state index contributed by atoms with van der Waals surface area (Å²) in [4.78, 5) is 18.3. The SMILES string of the molecule is CN(C)c1c(Cl)cccc1NC(=O)c1ccc(S(=O)(=O)Nc2ccncc2)cc1. The number of nitrogens with zero attached hydrogens (tertiary/aromatic N) is 2. The first-order chi connectivity index (χ1) is 13.8. The van der Waals surface area contributed by atoms with E-state index < -0.39 is 10.0 Å². The van der Waals surface area contributed by atoms with Gasteiger partial charge in [0.2, 0.25) is 0 Å². The molecule has 9 heteroatoms. The minimum Gasteiger partial charge on any atom is -0.375 e. The fraction of sp³-hybridized carbons (Fsp3) is 0.100. The summed E-state index contributed by atoms with van der Waals surface area (Å²) in [5.74, 6) is -0.374. The minimum atomic E-state index is -3.77. The lowest BCUT2D eigenvalue weighted by molar-refractivity contribution is 0.102. The summed E-state index contributed by atoms with van der Waals surface area (Å²) in [6.07, 6.45) is 2.98. The number of anilines is 3. The van der Waals surface area contributed by atoms with Gasteiger partial charge in [0.1, 0.15) is 0 Å². The van der Waals surface area contributed by atoms with Gasteiger partial charge < -0.3 is 10.2 Å². The Labute approximate surface area is 174 Å². The van der Waals surface area contributed by atoms with Gasteiger partial charge >= 0.3 is 0 Å². The van der Waals surface area contributed by atoms with E-state index in [2.05, 4.69) is 15.0 Å². The summed E-state index contributed by atoms with van der Waals surface area (Å²) in [5.41, 5.74) is 1.96. The van der Waals surface area contributed by atoms with Crippen LogP contribution in [-0.4, -0.2) is 33.4 Å². The van der Waals surface area contributed by atoms with Crippen LogP contribution >= 0.6 is 11.6 Å². The maximum Gasteiger partial charge on any atom is 0.261 e. The van der Waals surface area contributed by atoms with E-state index in [1.54, 1.807) is 35.2 Å². The number of hydrogen-bond donors (Lipinski definition) is 2. The standard InChI is InChI=1S/C20H19ClN4O3S/c1-25(2)19-17(21)4-3-5-18(19)23-20(26)14-6-8-16(9-7-14)29(27,28)24-15-10-12-22-13-11-15/h3-13H,1-2H3,(H,22,24)(H,23,26). The van der Waals surface area contributed by atoms with Crippen LogP contribution in [0, 0.1) is 0 Å². The average Bonchev–Trinajstić information content (AvgIpc) is 2.68. The maximum atomic E-state index is 12.6. The number of pyridine rings is 1. The first kappa shape index (κ1) is 20.6. The molecule has 2 aromatic carbocycles. The number of halogens is 1. The van der Waals surface area contributed by atoms with Gasteiger partial charge in [0.25, 0.3) is 15.9 Å². The predicted octanol–water partition coefficient (Wildman–Crippen LogP) is 3.85. The summed E-state index contributed by atoms with van der Waals surface area (Å²) in [5, 5.41) is 3.32. The number of hydrogen-bond acceptors (Lipinski definition) is 5. The molecule has 0 fully saturated rings. The largest absolute Gasteiger partial charge is 0.375 e. The molecule has 1 amide bonds. The second-order valence-corrected chi connectivity index (χ2v) is 8.44. The van der Waals surface area contributed by atoms with Crippen LogP contribution < -0.4 is 14.9 Å². The van der Waals surface area contributed by atoms with Crippen LogP contribution in [0.25, 0.3) is 0 Å². The molecule has 3 aromatic rings. The monoisotopic (exact) mass is 430 g/mol. The van der Waals surface area contributed by atoms with Crippen molar-refractivity contribution < 1.29 is 13.2 Å². The molecule has 0 spiro atoms. The third-order valence-corrected chi connectivity index (χ3v) is 5.74. The third-order valence-electron chi connectivity index (χ3n) is 4.04. The molecule has 1 aromatic heterocycles. The van der Waals surface area contributed by atoms with Crippen molar-refractivity contribution in [3.8, 4) is 0 Å². The fourth-order valence-corrected chi connectivity index (χ4v) is 4.09. The van der Waals surface area contributed by atoms with Gasteiger partial charge in [0.05, 0.1) is 27.0 Å². The summed E-state index contributed by atoms with van der Waals surface area (Å²) < 4.78 is 27.4. The summed E-state index contributed by atoms with van der Waals surface area (Å²) in [7, 11) is -0.120. The van der Waals surface area contributed by atoms with E-state index in [0.29, 0.717) is 27.6 Å². The Morgan fingerprint density at radius 1 is 1.00 bits per heavy atom. The van der Waals surface area contributed by atoms with Crippen LogP contribution in [0.4, 0.5) is 17.1 Å². The van der Waals surface area contributed by atoms with E-state index in [9.17, 15) is 13.2 Å². The smallest absolute Gasteiger partial charge is 0.261 e. The van der Waals surface area contributed by atoms with Crippen molar-refractivity contribution in [3.63, 3.8) is 0 Å². The normalized spacial score (nSPS) is 11.0. The fourth-order valence-electron chi connectivity index (χ4n) is 2.68. The molecule has 0 aliphatic carbocycles. The van der Waals surface area contributed by atoms with Crippen molar-refractivity contribution in [2.45, 2.75) is 4.90 Å². The van der Waals surface area contributed by atoms with E-state index >= 15 is 0 Å². The van der Waals surface area contributed by atoms with Gasteiger partial charge in [-0.1, -0.05) is 17.7 Å². The zero-order valence-corrected chi connectivity index (χ0v) is 17.3. The molecule has 1 heterocycles.